The molecule has 3 aliphatic heterocycles. The summed E-state index contributed by atoms with van der Waals surface area (Å²) in [6.07, 6.45) is 1.07. The van der Waals surface area contributed by atoms with Gasteiger partial charge in [-0.05, 0) is 19.3 Å². The Balaban J connectivity index is 1.66. The molecule has 0 bridgehead atoms. The SMILES string of the molecule is CC[C@H]1CNC(=O)C2CC(F)CC3NC(N4CCOCC4)N1C32. The van der Waals surface area contributed by atoms with E-state index in [2.05, 4.69) is 27.4 Å². The molecule has 0 aromatic carbocycles. The third kappa shape index (κ3) is 2.67. The molecule has 1 saturated carbocycles. The molecule has 0 spiro atoms. The van der Waals surface area contributed by atoms with Crippen LogP contribution >= 0.6 is 0 Å². The smallest absolute Gasteiger partial charge is 0.224 e. The first-order chi connectivity index (χ1) is 11.2. The van der Waals surface area contributed by atoms with Gasteiger partial charge >= 0.3 is 0 Å². The van der Waals surface area contributed by atoms with Gasteiger partial charge in [-0.25, -0.2) is 4.39 Å². The lowest BCUT2D eigenvalue weighted by atomic mass is 9.79. The van der Waals surface area contributed by atoms with Gasteiger partial charge in [-0.2, -0.15) is 0 Å². The van der Waals surface area contributed by atoms with Gasteiger partial charge < -0.3 is 10.1 Å². The van der Waals surface area contributed by atoms with Crippen LogP contribution in [0, 0.1) is 5.92 Å². The molecule has 4 aliphatic rings. The molecule has 6 atom stereocenters. The topological polar surface area (TPSA) is 56.8 Å². The van der Waals surface area contributed by atoms with Gasteiger partial charge in [-0.3, -0.25) is 19.9 Å². The molecular formula is C16H27FN4O2. The number of halogens is 1. The molecule has 7 heteroatoms. The van der Waals surface area contributed by atoms with Crippen LogP contribution in [0.15, 0.2) is 0 Å². The number of hydrogen-bond donors (Lipinski definition) is 2. The van der Waals surface area contributed by atoms with Gasteiger partial charge in [0.1, 0.15) is 12.5 Å². The summed E-state index contributed by atoms with van der Waals surface area (Å²) in [6, 6.07) is 0.479. The largest absolute Gasteiger partial charge is 0.379 e. The Morgan fingerprint density at radius 3 is 2.83 bits per heavy atom. The first-order valence-electron chi connectivity index (χ1n) is 8.96. The Labute approximate surface area is 136 Å². The van der Waals surface area contributed by atoms with Crippen LogP contribution in [0.2, 0.25) is 0 Å². The average molecular weight is 326 g/mol. The van der Waals surface area contributed by atoms with E-state index in [-0.39, 0.29) is 30.2 Å². The van der Waals surface area contributed by atoms with Crippen molar-refractivity contribution in [3.05, 3.63) is 0 Å². The highest BCUT2D eigenvalue weighted by atomic mass is 19.1. The minimum atomic E-state index is -0.886. The minimum Gasteiger partial charge on any atom is -0.379 e. The van der Waals surface area contributed by atoms with Crippen LogP contribution < -0.4 is 10.6 Å². The van der Waals surface area contributed by atoms with Crippen molar-refractivity contribution in [1.82, 2.24) is 20.4 Å². The summed E-state index contributed by atoms with van der Waals surface area (Å²) in [6.45, 7) is 6.08. The molecule has 4 fully saturated rings. The number of alkyl halides is 1. The normalized spacial score (nSPS) is 45.4. The number of rotatable bonds is 2. The second-order valence-corrected chi connectivity index (χ2v) is 7.22. The summed E-state index contributed by atoms with van der Waals surface area (Å²) >= 11 is 0. The van der Waals surface area contributed by atoms with Gasteiger partial charge in [0.25, 0.3) is 0 Å². The minimum absolute atomic E-state index is 0.0349. The van der Waals surface area contributed by atoms with Crippen molar-refractivity contribution in [2.75, 3.05) is 32.8 Å². The molecular weight excluding hydrogens is 299 g/mol. The highest BCUT2D eigenvalue weighted by molar-refractivity contribution is 5.80. The van der Waals surface area contributed by atoms with Crippen molar-refractivity contribution in [1.29, 1.82) is 0 Å². The number of hydrogen-bond acceptors (Lipinski definition) is 5. The second kappa shape index (κ2) is 6.27. The molecule has 0 radical (unpaired) electrons. The Kier molecular flexibility index (Phi) is 4.30. The van der Waals surface area contributed by atoms with E-state index in [4.69, 9.17) is 4.74 Å². The first-order valence-corrected chi connectivity index (χ1v) is 8.96. The van der Waals surface area contributed by atoms with E-state index in [1.165, 1.54) is 0 Å². The van der Waals surface area contributed by atoms with Crippen molar-refractivity contribution in [2.24, 2.45) is 5.92 Å². The number of ether oxygens (including phenoxy) is 1. The van der Waals surface area contributed by atoms with E-state index in [0.29, 0.717) is 25.4 Å². The Bertz CT molecular complexity index is 459. The number of nitrogens with zero attached hydrogens (tertiary/aromatic N) is 2. The monoisotopic (exact) mass is 326 g/mol. The highest BCUT2D eigenvalue weighted by Crippen LogP contribution is 2.39. The zero-order valence-electron chi connectivity index (χ0n) is 13.7. The van der Waals surface area contributed by atoms with Crippen molar-refractivity contribution >= 4 is 5.91 Å². The molecule has 4 rings (SSSR count). The van der Waals surface area contributed by atoms with E-state index in [9.17, 15) is 9.18 Å². The lowest BCUT2D eigenvalue weighted by Gasteiger charge is -2.43. The van der Waals surface area contributed by atoms with E-state index in [1.807, 2.05) is 0 Å². The fraction of sp³-hybridized carbons (Fsp3) is 0.938. The number of amides is 1. The van der Waals surface area contributed by atoms with Crippen molar-refractivity contribution in [2.45, 2.75) is 56.8 Å². The van der Waals surface area contributed by atoms with Crippen molar-refractivity contribution in [3.8, 4) is 0 Å². The van der Waals surface area contributed by atoms with Crippen molar-refractivity contribution < 1.29 is 13.9 Å². The molecule has 23 heavy (non-hydrogen) atoms. The van der Waals surface area contributed by atoms with Gasteiger partial charge in [0, 0.05) is 37.8 Å². The van der Waals surface area contributed by atoms with Crippen LogP contribution in [0.4, 0.5) is 4.39 Å². The van der Waals surface area contributed by atoms with Crippen LogP contribution in [0.1, 0.15) is 26.2 Å². The fourth-order valence-electron chi connectivity index (χ4n) is 4.86. The van der Waals surface area contributed by atoms with Crippen LogP contribution in [0.3, 0.4) is 0 Å². The lowest BCUT2D eigenvalue weighted by Crippen LogP contribution is -2.59. The number of carbonyl (C=O) groups excluding carboxylic acids is 1. The predicted molar refractivity (Wildman–Crippen MR) is 83.4 cm³/mol. The number of morpholine rings is 1. The summed E-state index contributed by atoms with van der Waals surface area (Å²) in [5, 5.41) is 6.71. The molecule has 2 N–H and O–H groups in total. The third-order valence-corrected chi connectivity index (χ3v) is 5.97. The van der Waals surface area contributed by atoms with Gasteiger partial charge in [0.2, 0.25) is 5.91 Å². The molecule has 130 valence electrons. The molecule has 1 aliphatic carbocycles. The standard InChI is InChI=1S/C16H27FN4O2/c1-2-11-9-18-15(22)12-7-10(17)8-13-14(12)21(11)16(19-13)20-3-5-23-6-4-20/h10-14,16,19H,2-9H2,1H3,(H,18,22)/t10?,11-,12?,13?,14?,16?/m0/s1. The predicted octanol–water partition coefficient (Wildman–Crippen LogP) is -0.0989. The van der Waals surface area contributed by atoms with E-state index in [1.54, 1.807) is 0 Å². The summed E-state index contributed by atoms with van der Waals surface area (Å²) in [4.78, 5) is 17.4. The van der Waals surface area contributed by atoms with Gasteiger partial charge in [0.15, 0.2) is 0 Å². The lowest BCUT2D eigenvalue weighted by molar-refractivity contribution is -0.128. The Morgan fingerprint density at radius 2 is 2.09 bits per heavy atom. The third-order valence-electron chi connectivity index (χ3n) is 5.97. The van der Waals surface area contributed by atoms with Crippen LogP contribution in [0.5, 0.6) is 0 Å². The maximum Gasteiger partial charge on any atom is 0.224 e. The van der Waals surface area contributed by atoms with Crippen LogP contribution in [0.25, 0.3) is 0 Å². The van der Waals surface area contributed by atoms with Crippen LogP contribution in [-0.2, 0) is 9.53 Å². The van der Waals surface area contributed by atoms with E-state index in [0.717, 1.165) is 32.7 Å². The summed E-state index contributed by atoms with van der Waals surface area (Å²) in [5.74, 6) is -0.202. The maximum atomic E-state index is 14.2. The highest BCUT2D eigenvalue weighted by Gasteiger charge is 2.55. The molecule has 0 aromatic heterocycles. The number of nitrogens with one attached hydrogen (secondary N) is 2. The van der Waals surface area contributed by atoms with Gasteiger partial charge in [-0.1, -0.05) is 6.92 Å². The van der Waals surface area contributed by atoms with E-state index < -0.39 is 6.17 Å². The Hall–Kier alpha value is -0.760. The first kappa shape index (κ1) is 15.7. The summed E-state index contributed by atoms with van der Waals surface area (Å²) in [5.41, 5.74) is 0. The second-order valence-electron chi connectivity index (χ2n) is 7.22. The zero-order chi connectivity index (χ0) is 16.0. The van der Waals surface area contributed by atoms with E-state index >= 15 is 0 Å². The molecule has 3 saturated heterocycles. The zero-order valence-corrected chi connectivity index (χ0v) is 13.7. The maximum absolute atomic E-state index is 14.2. The average Bonchev–Trinajstić information content (AvgIpc) is 2.87. The Morgan fingerprint density at radius 1 is 1.30 bits per heavy atom. The van der Waals surface area contributed by atoms with Crippen molar-refractivity contribution in [3.63, 3.8) is 0 Å². The summed E-state index contributed by atoms with van der Waals surface area (Å²) < 4.78 is 19.7. The molecule has 0 aromatic rings. The molecule has 5 unspecified atom stereocenters. The molecule has 3 heterocycles. The number of carbonyl (C=O) groups is 1. The molecule has 1 amide bonds. The quantitative estimate of drug-likeness (QED) is 0.742. The van der Waals surface area contributed by atoms with Gasteiger partial charge in [-0.15, -0.1) is 0 Å². The van der Waals surface area contributed by atoms with Gasteiger partial charge in [0.05, 0.1) is 19.1 Å². The fourth-order valence-corrected chi connectivity index (χ4v) is 4.86. The molecule has 6 nitrogen and oxygen atoms in total. The summed E-state index contributed by atoms with van der Waals surface area (Å²) in [7, 11) is 0. The van der Waals surface area contributed by atoms with Crippen LogP contribution in [-0.4, -0.2) is 79.1 Å².